The van der Waals surface area contributed by atoms with Gasteiger partial charge in [-0.25, -0.2) is 0 Å². The summed E-state index contributed by atoms with van der Waals surface area (Å²) in [7, 11) is 0. The van der Waals surface area contributed by atoms with Crippen molar-refractivity contribution in [3.8, 4) is 0 Å². The molecule has 0 saturated carbocycles. The highest BCUT2D eigenvalue weighted by Gasteiger charge is 2.36. The summed E-state index contributed by atoms with van der Waals surface area (Å²) in [6, 6.07) is 14.0. The van der Waals surface area contributed by atoms with Crippen LogP contribution in [0.25, 0.3) is 0 Å². The maximum Gasteiger partial charge on any atom is 0.0664 e. The Morgan fingerprint density at radius 2 is 2.00 bits per heavy atom. The Kier molecular flexibility index (Phi) is 4.26. The SMILES string of the molecule is c1ccc([C@H]2COC[C@H]3CN(Cc4ccsc4)CCN32)cc1. The smallest absolute Gasteiger partial charge is 0.0664 e. The van der Waals surface area contributed by atoms with Crippen LogP contribution in [-0.2, 0) is 11.3 Å². The van der Waals surface area contributed by atoms with E-state index in [1.165, 1.54) is 11.1 Å². The zero-order chi connectivity index (χ0) is 14.8. The molecule has 3 heterocycles. The average molecular weight is 314 g/mol. The lowest BCUT2D eigenvalue weighted by molar-refractivity contribution is -0.0835. The first-order valence-electron chi connectivity index (χ1n) is 8.02. The van der Waals surface area contributed by atoms with Crippen molar-refractivity contribution in [3.05, 3.63) is 58.3 Å². The van der Waals surface area contributed by atoms with E-state index < -0.39 is 0 Å². The van der Waals surface area contributed by atoms with Crippen molar-refractivity contribution >= 4 is 11.3 Å². The van der Waals surface area contributed by atoms with Crippen LogP contribution in [0.3, 0.4) is 0 Å². The molecule has 0 bridgehead atoms. The highest BCUT2D eigenvalue weighted by molar-refractivity contribution is 7.07. The van der Waals surface area contributed by atoms with Gasteiger partial charge in [-0.2, -0.15) is 11.3 Å². The number of ether oxygens (including phenoxy) is 1. The number of hydrogen-bond donors (Lipinski definition) is 0. The molecule has 2 aliphatic heterocycles. The Balaban J connectivity index is 1.45. The van der Waals surface area contributed by atoms with Gasteiger partial charge in [0, 0.05) is 32.2 Å². The van der Waals surface area contributed by atoms with Crippen LogP contribution in [0.15, 0.2) is 47.2 Å². The molecule has 116 valence electrons. The van der Waals surface area contributed by atoms with Crippen molar-refractivity contribution in [2.24, 2.45) is 0 Å². The fraction of sp³-hybridized carbons (Fsp3) is 0.444. The standard InChI is InChI=1S/C18H22N2OS/c1-2-4-16(5-3-1)18-13-21-12-17-11-19(7-8-20(17)18)10-15-6-9-22-14-15/h1-6,9,14,17-18H,7-8,10-13H2/t17-,18-/m1/s1. The highest BCUT2D eigenvalue weighted by Crippen LogP contribution is 2.30. The van der Waals surface area contributed by atoms with Crippen LogP contribution in [0, 0.1) is 0 Å². The second kappa shape index (κ2) is 6.50. The van der Waals surface area contributed by atoms with E-state index in [1.807, 2.05) is 0 Å². The van der Waals surface area contributed by atoms with Crippen LogP contribution < -0.4 is 0 Å². The first-order valence-corrected chi connectivity index (χ1v) is 8.96. The fourth-order valence-corrected chi connectivity index (χ4v) is 4.31. The summed E-state index contributed by atoms with van der Waals surface area (Å²) in [5.74, 6) is 0. The quantitative estimate of drug-likeness (QED) is 0.866. The van der Waals surface area contributed by atoms with Gasteiger partial charge >= 0.3 is 0 Å². The Bertz CT molecular complexity index is 586. The van der Waals surface area contributed by atoms with Crippen molar-refractivity contribution in [1.29, 1.82) is 0 Å². The largest absolute Gasteiger partial charge is 0.378 e. The minimum absolute atomic E-state index is 0.420. The number of rotatable bonds is 3. The zero-order valence-corrected chi connectivity index (χ0v) is 13.5. The summed E-state index contributed by atoms with van der Waals surface area (Å²) in [5, 5.41) is 4.43. The minimum Gasteiger partial charge on any atom is -0.378 e. The van der Waals surface area contributed by atoms with E-state index in [0.717, 1.165) is 39.4 Å². The summed E-state index contributed by atoms with van der Waals surface area (Å²) < 4.78 is 5.92. The molecule has 0 unspecified atom stereocenters. The molecule has 2 saturated heterocycles. The fourth-order valence-electron chi connectivity index (χ4n) is 3.65. The number of thiophene rings is 1. The Labute approximate surface area is 136 Å². The third kappa shape index (κ3) is 2.97. The monoisotopic (exact) mass is 314 g/mol. The van der Waals surface area contributed by atoms with Gasteiger partial charge in [-0.3, -0.25) is 9.80 Å². The van der Waals surface area contributed by atoms with Crippen LogP contribution in [-0.4, -0.2) is 48.7 Å². The lowest BCUT2D eigenvalue weighted by atomic mass is 10.00. The minimum atomic E-state index is 0.420. The van der Waals surface area contributed by atoms with Gasteiger partial charge in [0.15, 0.2) is 0 Å². The van der Waals surface area contributed by atoms with E-state index in [4.69, 9.17) is 4.74 Å². The molecular formula is C18H22N2OS. The van der Waals surface area contributed by atoms with Crippen molar-refractivity contribution in [1.82, 2.24) is 9.80 Å². The molecule has 0 spiro atoms. The van der Waals surface area contributed by atoms with Crippen LogP contribution in [0.5, 0.6) is 0 Å². The third-order valence-corrected chi connectivity index (χ3v) is 5.50. The molecule has 1 aromatic carbocycles. The first-order chi connectivity index (χ1) is 10.9. The topological polar surface area (TPSA) is 15.7 Å². The lowest BCUT2D eigenvalue weighted by Gasteiger charge is -2.48. The molecular weight excluding hydrogens is 292 g/mol. The van der Waals surface area contributed by atoms with Gasteiger partial charge in [0.2, 0.25) is 0 Å². The van der Waals surface area contributed by atoms with Gasteiger partial charge in [0.05, 0.1) is 19.3 Å². The Morgan fingerprint density at radius 1 is 1.09 bits per heavy atom. The molecule has 0 radical (unpaired) electrons. The van der Waals surface area contributed by atoms with Crippen molar-refractivity contribution < 1.29 is 4.74 Å². The molecule has 2 fully saturated rings. The Hall–Kier alpha value is -1.20. The van der Waals surface area contributed by atoms with Gasteiger partial charge in [0.25, 0.3) is 0 Å². The Morgan fingerprint density at radius 3 is 2.82 bits per heavy atom. The lowest BCUT2D eigenvalue weighted by Crippen LogP contribution is -2.58. The summed E-state index contributed by atoms with van der Waals surface area (Å²) in [5.41, 5.74) is 2.83. The second-order valence-electron chi connectivity index (χ2n) is 6.22. The molecule has 1 aromatic heterocycles. The van der Waals surface area contributed by atoms with E-state index in [1.54, 1.807) is 11.3 Å². The number of piperazine rings is 1. The van der Waals surface area contributed by atoms with Crippen LogP contribution in [0.4, 0.5) is 0 Å². The van der Waals surface area contributed by atoms with Crippen molar-refractivity contribution in [2.45, 2.75) is 18.6 Å². The molecule has 4 heteroatoms. The molecule has 0 aliphatic carbocycles. The predicted molar refractivity (Wildman–Crippen MR) is 90.1 cm³/mol. The number of fused-ring (bicyclic) bond motifs is 1. The zero-order valence-electron chi connectivity index (χ0n) is 12.7. The summed E-state index contributed by atoms with van der Waals surface area (Å²) in [4.78, 5) is 5.23. The van der Waals surface area contributed by atoms with Crippen LogP contribution in [0.2, 0.25) is 0 Å². The van der Waals surface area contributed by atoms with E-state index in [0.29, 0.717) is 12.1 Å². The van der Waals surface area contributed by atoms with E-state index in [9.17, 15) is 0 Å². The number of nitrogens with zero attached hydrogens (tertiary/aromatic N) is 2. The third-order valence-electron chi connectivity index (χ3n) is 4.77. The molecule has 2 aliphatic rings. The van der Waals surface area contributed by atoms with E-state index in [2.05, 4.69) is 57.0 Å². The highest BCUT2D eigenvalue weighted by atomic mass is 32.1. The normalized spacial score (nSPS) is 26.7. The molecule has 2 aromatic rings. The number of hydrogen-bond acceptors (Lipinski definition) is 4. The maximum atomic E-state index is 5.92. The molecule has 2 atom stereocenters. The number of benzene rings is 1. The maximum absolute atomic E-state index is 5.92. The molecule has 0 N–H and O–H groups in total. The van der Waals surface area contributed by atoms with Gasteiger partial charge in [0.1, 0.15) is 0 Å². The van der Waals surface area contributed by atoms with E-state index >= 15 is 0 Å². The van der Waals surface area contributed by atoms with Crippen molar-refractivity contribution in [3.63, 3.8) is 0 Å². The summed E-state index contributed by atoms with van der Waals surface area (Å²) in [6.07, 6.45) is 0. The van der Waals surface area contributed by atoms with Gasteiger partial charge in [-0.15, -0.1) is 0 Å². The molecule has 0 amide bonds. The van der Waals surface area contributed by atoms with Crippen LogP contribution in [0.1, 0.15) is 17.2 Å². The van der Waals surface area contributed by atoms with E-state index in [-0.39, 0.29) is 0 Å². The molecule has 3 nitrogen and oxygen atoms in total. The van der Waals surface area contributed by atoms with Gasteiger partial charge in [-0.1, -0.05) is 30.3 Å². The first kappa shape index (κ1) is 14.4. The number of morpholine rings is 1. The van der Waals surface area contributed by atoms with Gasteiger partial charge < -0.3 is 4.74 Å². The second-order valence-corrected chi connectivity index (χ2v) is 7.00. The summed E-state index contributed by atoms with van der Waals surface area (Å²) in [6.45, 7) is 6.16. The average Bonchev–Trinajstić information content (AvgIpc) is 3.08. The summed E-state index contributed by atoms with van der Waals surface area (Å²) >= 11 is 1.79. The molecule has 4 rings (SSSR count). The predicted octanol–water partition coefficient (Wildman–Crippen LogP) is 3.01. The van der Waals surface area contributed by atoms with Crippen LogP contribution >= 0.6 is 11.3 Å². The molecule has 22 heavy (non-hydrogen) atoms. The van der Waals surface area contributed by atoms with Crippen molar-refractivity contribution in [2.75, 3.05) is 32.8 Å². The van der Waals surface area contributed by atoms with Gasteiger partial charge in [-0.05, 0) is 28.0 Å².